The zero-order valence-corrected chi connectivity index (χ0v) is 14.9. The van der Waals surface area contributed by atoms with E-state index in [0.717, 1.165) is 5.69 Å². The average Bonchev–Trinajstić information content (AvgIpc) is 2.61. The van der Waals surface area contributed by atoms with Gasteiger partial charge in [-0.2, -0.15) is 0 Å². The van der Waals surface area contributed by atoms with Gasteiger partial charge in [0.15, 0.2) is 0 Å². The third-order valence-corrected chi connectivity index (χ3v) is 3.98. The van der Waals surface area contributed by atoms with Gasteiger partial charge in [0.25, 0.3) is 0 Å². The first kappa shape index (κ1) is 17.0. The number of hydrogen-bond acceptors (Lipinski definition) is 5. The van der Waals surface area contributed by atoms with E-state index in [-0.39, 0.29) is 5.89 Å². The van der Waals surface area contributed by atoms with E-state index in [1.165, 1.54) is 6.07 Å². The molecule has 25 heavy (non-hydrogen) atoms. The minimum absolute atomic E-state index is 0.245. The van der Waals surface area contributed by atoms with Crippen LogP contribution in [0, 0.1) is 0 Å². The third kappa shape index (κ3) is 3.67. The fraction of sp³-hybridized carbons (Fsp3) is 0.158. The summed E-state index contributed by atoms with van der Waals surface area (Å²) < 4.78 is 10.6. The van der Waals surface area contributed by atoms with Gasteiger partial charge in [-0.05, 0) is 42.5 Å². The van der Waals surface area contributed by atoms with Crippen molar-refractivity contribution in [3.8, 4) is 28.5 Å². The summed E-state index contributed by atoms with van der Waals surface area (Å²) in [4.78, 5) is 18.5. The van der Waals surface area contributed by atoms with Crippen LogP contribution in [0.4, 0.5) is 5.69 Å². The molecular formula is C19H17ClN2O3. The van der Waals surface area contributed by atoms with Crippen molar-refractivity contribution in [2.24, 2.45) is 0 Å². The number of ether oxygens (including phenoxy) is 1. The van der Waals surface area contributed by atoms with Crippen molar-refractivity contribution in [3.05, 3.63) is 64.0 Å². The van der Waals surface area contributed by atoms with Crippen LogP contribution in [-0.4, -0.2) is 26.2 Å². The molecule has 3 aromatic rings. The maximum atomic E-state index is 12.0. The van der Waals surface area contributed by atoms with Crippen molar-refractivity contribution in [2.75, 3.05) is 26.1 Å². The van der Waals surface area contributed by atoms with Crippen LogP contribution in [0.5, 0.6) is 5.75 Å². The molecule has 1 aromatic heterocycles. The smallest absolute Gasteiger partial charge is 0.339 e. The number of rotatable bonds is 4. The summed E-state index contributed by atoms with van der Waals surface area (Å²) in [5.74, 6) is 0.825. The molecule has 128 valence electrons. The Hall–Kier alpha value is -2.79. The molecular weight excluding hydrogens is 340 g/mol. The van der Waals surface area contributed by atoms with Crippen LogP contribution >= 0.6 is 11.6 Å². The van der Waals surface area contributed by atoms with Crippen molar-refractivity contribution in [1.29, 1.82) is 0 Å². The average molecular weight is 357 g/mol. The highest BCUT2D eigenvalue weighted by molar-refractivity contribution is 6.30. The first-order valence-corrected chi connectivity index (χ1v) is 7.99. The number of benzene rings is 2. The summed E-state index contributed by atoms with van der Waals surface area (Å²) in [6.45, 7) is 0. The van der Waals surface area contributed by atoms with Gasteiger partial charge in [0.2, 0.25) is 5.89 Å². The molecule has 0 aliphatic carbocycles. The fourth-order valence-electron chi connectivity index (χ4n) is 2.44. The molecule has 2 aromatic carbocycles. The number of nitrogens with zero attached hydrogens (tertiary/aromatic N) is 2. The third-order valence-electron chi connectivity index (χ3n) is 3.74. The lowest BCUT2D eigenvalue weighted by Crippen LogP contribution is -2.08. The summed E-state index contributed by atoms with van der Waals surface area (Å²) in [7, 11) is 5.47. The molecule has 0 saturated heterocycles. The Balaban J connectivity index is 2.10. The van der Waals surface area contributed by atoms with Crippen LogP contribution in [-0.2, 0) is 0 Å². The molecule has 3 rings (SSSR count). The Morgan fingerprint density at radius 3 is 2.44 bits per heavy atom. The van der Waals surface area contributed by atoms with Crippen molar-refractivity contribution >= 4 is 17.3 Å². The minimum atomic E-state index is -0.487. The normalized spacial score (nSPS) is 10.6. The number of methoxy groups -OCH3 is 1. The first-order valence-electron chi connectivity index (χ1n) is 7.62. The van der Waals surface area contributed by atoms with Crippen molar-refractivity contribution in [3.63, 3.8) is 0 Å². The Morgan fingerprint density at radius 2 is 1.80 bits per heavy atom. The number of anilines is 1. The van der Waals surface area contributed by atoms with Crippen LogP contribution in [0.25, 0.3) is 22.7 Å². The second-order valence-electron chi connectivity index (χ2n) is 5.65. The lowest BCUT2D eigenvalue weighted by molar-refractivity contribution is 0.416. The molecule has 0 aliphatic rings. The predicted molar refractivity (Wildman–Crippen MR) is 99.5 cm³/mol. The van der Waals surface area contributed by atoms with Crippen LogP contribution < -0.4 is 15.3 Å². The van der Waals surface area contributed by atoms with Crippen LogP contribution in [0.2, 0.25) is 5.02 Å². The van der Waals surface area contributed by atoms with E-state index >= 15 is 0 Å². The van der Waals surface area contributed by atoms with Crippen molar-refractivity contribution < 1.29 is 9.15 Å². The molecule has 0 aliphatic heterocycles. The van der Waals surface area contributed by atoms with Crippen molar-refractivity contribution in [2.45, 2.75) is 0 Å². The zero-order valence-electron chi connectivity index (χ0n) is 14.1. The molecule has 6 heteroatoms. The molecule has 0 saturated carbocycles. The van der Waals surface area contributed by atoms with Gasteiger partial charge in [-0.1, -0.05) is 11.6 Å². The predicted octanol–water partition coefficient (Wildman–Crippen LogP) is 4.10. The van der Waals surface area contributed by atoms with E-state index in [1.54, 1.807) is 25.3 Å². The monoisotopic (exact) mass is 356 g/mol. The summed E-state index contributed by atoms with van der Waals surface area (Å²) in [5.41, 5.74) is 2.35. The minimum Gasteiger partial charge on any atom is -0.496 e. The second kappa shape index (κ2) is 6.99. The van der Waals surface area contributed by atoms with Gasteiger partial charge in [0.1, 0.15) is 5.75 Å². The molecule has 0 spiro atoms. The molecule has 0 N–H and O–H groups in total. The van der Waals surface area contributed by atoms with Crippen LogP contribution in [0.1, 0.15) is 0 Å². The van der Waals surface area contributed by atoms with Gasteiger partial charge in [0, 0.05) is 35.9 Å². The van der Waals surface area contributed by atoms with Gasteiger partial charge < -0.3 is 14.1 Å². The summed E-state index contributed by atoms with van der Waals surface area (Å²) in [6, 6.07) is 14.1. The number of hydrogen-bond donors (Lipinski definition) is 0. The van der Waals surface area contributed by atoms with Gasteiger partial charge in [-0.3, -0.25) is 0 Å². The first-order chi connectivity index (χ1) is 12.0. The number of aromatic nitrogens is 1. The van der Waals surface area contributed by atoms with Gasteiger partial charge in [0.05, 0.1) is 18.9 Å². The highest BCUT2D eigenvalue weighted by Gasteiger charge is 2.13. The molecule has 0 atom stereocenters. The highest BCUT2D eigenvalue weighted by Crippen LogP contribution is 2.32. The van der Waals surface area contributed by atoms with E-state index in [1.807, 2.05) is 43.3 Å². The maximum Gasteiger partial charge on any atom is 0.339 e. The molecule has 1 heterocycles. The van der Waals surface area contributed by atoms with Crippen LogP contribution in [0.3, 0.4) is 0 Å². The van der Waals surface area contributed by atoms with Gasteiger partial charge in [-0.15, -0.1) is 0 Å². The molecule has 0 unspecified atom stereocenters. The Labute approximate surface area is 150 Å². The highest BCUT2D eigenvalue weighted by atomic mass is 35.5. The molecule has 5 nitrogen and oxygen atoms in total. The Kier molecular flexibility index (Phi) is 4.76. The quantitative estimate of drug-likeness (QED) is 0.704. The second-order valence-corrected chi connectivity index (χ2v) is 6.09. The van der Waals surface area contributed by atoms with Gasteiger partial charge >= 0.3 is 5.63 Å². The van der Waals surface area contributed by atoms with Crippen molar-refractivity contribution in [1.82, 2.24) is 4.98 Å². The van der Waals surface area contributed by atoms with E-state index in [4.69, 9.17) is 20.8 Å². The summed E-state index contributed by atoms with van der Waals surface area (Å²) >= 11 is 6.08. The number of halogens is 1. The maximum absolute atomic E-state index is 12.0. The molecule has 0 bridgehead atoms. The Morgan fingerprint density at radius 1 is 1.08 bits per heavy atom. The molecule has 0 fully saturated rings. The van der Waals surface area contributed by atoms with E-state index in [9.17, 15) is 4.79 Å². The lowest BCUT2D eigenvalue weighted by Gasteiger charge is -2.12. The zero-order chi connectivity index (χ0) is 18.0. The lowest BCUT2D eigenvalue weighted by atomic mass is 10.1. The van der Waals surface area contributed by atoms with Gasteiger partial charge in [-0.25, -0.2) is 9.78 Å². The summed E-state index contributed by atoms with van der Waals surface area (Å²) in [6.07, 6.45) is 0. The van der Waals surface area contributed by atoms with E-state index in [2.05, 4.69) is 4.98 Å². The van der Waals surface area contributed by atoms with Crippen LogP contribution in [0.15, 0.2) is 57.7 Å². The largest absolute Gasteiger partial charge is 0.496 e. The molecule has 0 amide bonds. The SMILES string of the molecule is COc1ccc(Cl)cc1-c1cc(=O)oc(-c2ccc(N(C)C)cc2)n1. The van der Waals surface area contributed by atoms with E-state index in [0.29, 0.717) is 27.6 Å². The fourth-order valence-corrected chi connectivity index (χ4v) is 2.62. The Bertz CT molecular complexity index is 950. The topological polar surface area (TPSA) is 55.6 Å². The standard InChI is InChI=1S/C19H17ClN2O3/c1-22(2)14-7-4-12(5-8-14)19-21-16(11-18(23)25-19)15-10-13(20)6-9-17(15)24-3/h4-11H,1-3H3. The summed E-state index contributed by atoms with van der Waals surface area (Å²) in [5, 5.41) is 0.530. The van der Waals surface area contributed by atoms with E-state index < -0.39 is 5.63 Å². The molecule has 0 radical (unpaired) electrons.